The number of nitrogens with zero attached hydrogens (tertiary/aromatic N) is 3. The van der Waals surface area contributed by atoms with E-state index in [0.717, 1.165) is 5.75 Å². The van der Waals surface area contributed by atoms with E-state index in [1.165, 1.54) is 11.2 Å². The number of urea groups is 1. The van der Waals surface area contributed by atoms with Crippen LogP contribution in [0.3, 0.4) is 0 Å². The Bertz CT molecular complexity index is 524. The first-order valence-corrected chi connectivity index (χ1v) is 5.69. The van der Waals surface area contributed by atoms with Crippen LogP contribution in [-0.2, 0) is 6.54 Å². The van der Waals surface area contributed by atoms with Gasteiger partial charge in [0.25, 0.3) is 0 Å². The lowest BCUT2D eigenvalue weighted by Gasteiger charge is -2.16. The van der Waals surface area contributed by atoms with Crippen LogP contribution in [0, 0.1) is 0 Å². The fraction of sp³-hybridized carbons (Fsp3) is 0.250. The number of anilines is 1. The lowest BCUT2D eigenvalue weighted by atomic mass is 10.3. The highest BCUT2D eigenvalue weighted by atomic mass is 16.5. The van der Waals surface area contributed by atoms with Gasteiger partial charge in [0.1, 0.15) is 17.9 Å². The third-order valence-corrected chi connectivity index (χ3v) is 2.54. The first kappa shape index (κ1) is 12.9. The summed E-state index contributed by atoms with van der Waals surface area (Å²) in [5, 5.41) is 9.21. The monoisotopic (exact) mass is 261 g/mol. The Morgan fingerprint density at radius 2 is 2.16 bits per heavy atom. The average Bonchev–Trinajstić information content (AvgIpc) is 2.92. The van der Waals surface area contributed by atoms with E-state index in [4.69, 9.17) is 4.74 Å². The normalized spacial score (nSPS) is 10.0. The molecule has 1 aromatic carbocycles. The van der Waals surface area contributed by atoms with Gasteiger partial charge in [0.15, 0.2) is 0 Å². The molecule has 7 heteroatoms. The second-order valence-corrected chi connectivity index (χ2v) is 3.95. The molecule has 0 radical (unpaired) electrons. The SMILES string of the molecule is COc1ccc(NC(=O)N(C)Cc2ncn[nH]2)cc1. The van der Waals surface area contributed by atoms with Gasteiger partial charge >= 0.3 is 6.03 Å². The van der Waals surface area contributed by atoms with E-state index < -0.39 is 0 Å². The lowest BCUT2D eigenvalue weighted by Crippen LogP contribution is -2.31. The molecule has 0 saturated heterocycles. The number of amides is 2. The van der Waals surface area contributed by atoms with Crippen molar-refractivity contribution < 1.29 is 9.53 Å². The lowest BCUT2D eigenvalue weighted by molar-refractivity contribution is 0.219. The van der Waals surface area contributed by atoms with Gasteiger partial charge in [-0.1, -0.05) is 0 Å². The maximum atomic E-state index is 11.9. The number of benzene rings is 1. The average molecular weight is 261 g/mol. The summed E-state index contributed by atoms with van der Waals surface area (Å²) >= 11 is 0. The van der Waals surface area contributed by atoms with Crippen molar-refractivity contribution in [2.24, 2.45) is 0 Å². The smallest absolute Gasteiger partial charge is 0.321 e. The van der Waals surface area contributed by atoms with Gasteiger partial charge in [-0.05, 0) is 24.3 Å². The molecule has 7 nitrogen and oxygen atoms in total. The maximum absolute atomic E-state index is 11.9. The van der Waals surface area contributed by atoms with Gasteiger partial charge in [0.2, 0.25) is 0 Å². The molecule has 0 aliphatic rings. The van der Waals surface area contributed by atoms with Crippen molar-refractivity contribution in [1.29, 1.82) is 0 Å². The molecule has 0 aliphatic heterocycles. The number of H-pyrrole nitrogens is 1. The summed E-state index contributed by atoms with van der Waals surface area (Å²) in [4.78, 5) is 17.4. The van der Waals surface area contributed by atoms with E-state index in [1.54, 1.807) is 38.4 Å². The predicted molar refractivity (Wildman–Crippen MR) is 69.9 cm³/mol. The van der Waals surface area contributed by atoms with E-state index >= 15 is 0 Å². The molecule has 2 amide bonds. The molecule has 100 valence electrons. The Morgan fingerprint density at radius 1 is 1.42 bits per heavy atom. The molecular weight excluding hydrogens is 246 g/mol. The Balaban J connectivity index is 1.92. The zero-order valence-electron chi connectivity index (χ0n) is 10.8. The van der Waals surface area contributed by atoms with Crippen molar-refractivity contribution in [3.63, 3.8) is 0 Å². The number of aromatic nitrogens is 3. The molecule has 0 atom stereocenters. The van der Waals surface area contributed by atoms with Crippen LogP contribution in [-0.4, -0.2) is 40.3 Å². The molecule has 0 fully saturated rings. The van der Waals surface area contributed by atoms with Crippen LogP contribution in [0.25, 0.3) is 0 Å². The number of methoxy groups -OCH3 is 1. The molecule has 2 N–H and O–H groups in total. The Labute approximate surface area is 110 Å². The van der Waals surface area contributed by atoms with Crippen LogP contribution in [0.5, 0.6) is 5.75 Å². The Morgan fingerprint density at radius 3 is 2.74 bits per heavy atom. The minimum Gasteiger partial charge on any atom is -0.497 e. The van der Waals surface area contributed by atoms with Gasteiger partial charge in [-0.3, -0.25) is 5.10 Å². The fourth-order valence-corrected chi connectivity index (χ4v) is 1.50. The third-order valence-electron chi connectivity index (χ3n) is 2.54. The van der Waals surface area contributed by atoms with Crippen molar-refractivity contribution in [3.05, 3.63) is 36.4 Å². The van der Waals surface area contributed by atoms with Crippen LogP contribution in [0.1, 0.15) is 5.82 Å². The van der Waals surface area contributed by atoms with Crippen LogP contribution in [0.2, 0.25) is 0 Å². The zero-order chi connectivity index (χ0) is 13.7. The summed E-state index contributed by atoms with van der Waals surface area (Å²) in [6.07, 6.45) is 1.41. The van der Waals surface area contributed by atoms with Gasteiger partial charge in [0, 0.05) is 12.7 Å². The highest BCUT2D eigenvalue weighted by Crippen LogP contribution is 2.15. The second-order valence-electron chi connectivity index (χ2n) is 3.95. The number of aromatic amines is 1. The number of carbonyl (C=O) groups is 1. The molecule has 2 rings (SSSR count). The van der Waals surface area contributed by atoms with Crippen LogP contribution >= 0.6 is 0 Å². The topological polar surface area (TPSA) is 83.1 Å². The zero-order valence-corrected chi connectivity index (χ0v) is 10.8. The Kier molecular flexibility index (Phi) is 3.97. The number of carbonyl (C=O) groups excluding carboxylic acids is 1. The number of nitrogens with one attached hydrogen (secondary N) is 2. The molecule has 19 heavy (non-hydrogen) atoms. The van der Waals surface area contributed by atoms with Crippen molar-refractivity contribution >= 4 is 11.7 Å². The quantitative estimate of drug-likeness (QED) is 0.873. The third kappa shape index (κ3) is 3.44. The number of hydrogen-bond acceptors (Lipinski definition) is 4. The summed E-state index contributed by atoms with van der Waals surface area (Å²) in [6.45, 7) is 0.363. The molecule has 0 bridgehead atoms. The molecular formula is C12H15N5O2. The largest absolute Gasteiger partial charge is 0.497 e. The van der Waals surface area contributed by atoms with Crippen LogP contribution in [0.15, 0.2) is 30.6 Å². The van der Waals surface area contributed by atoms with Gasteiger partial charge in [-0.15, -0.1) is 0 Å². The van der Waals surface area contributed by atoms with E-state index in [1.807, 2.05) is 0 Å². The summed E-state index contributed by atoms with van der Waals surface area (Å²) < 4.78 is 5.05. The summed E-state index contributed by atoms with van der Waals surface area (Å²) in [7, 11) is 3.28. The van der Waals surface area contributed by atoms with Crippen LogP contribution in [0.4, 0.5) is 10.5 Å². The van der Waals surface area contributed by atoms with E-state index in [0.29, 0.717) is 18.1 Å². The highest BCUT2D eigenvalue weighted by molar-refractivity contribution is 5.89. The molecule has 2 aromatic rings. The van der Waals surface area contributed by atoms with Crippen molar-refractivity contribution in [3.8, 4) is 5.75 Å². The molecule has 1 heterocycles. The van der Waals surface area contributed by atoms with E-state index in [9.17, 15) is 4.79 Å². The molecule has 0 saturated carbocycles. The predicted octanol–water partition coefficient (Wildman–Crippen LogP) is 1.48. The summed E-state index contributed by atoms with van der Waals surface area (Å²) in [6, 6.07) is 6.90. The second kappa shape index (κ2) is 5.85. The first-order chi connectivity index (χ1) is 9.19. The number of ether oxygens (including phenoxy) is 1. The van der Waals surface area contributed by atoms with E-state index in [2.05, 4.69) is 20.5 Å². The Hall–Kier alpha value is -2.57. The minimum absolute atomic E-state index is 0.221. The maximum Gasteiger partial charge on any atom is 0.321 e. The van der Waals surface area contributed by atoms with Gasteiger partial charge in [-0.2, -0.15) is 5.10 Å². The van der Waals surface area contributed by atoms with Crippen LogP contribution < -0.4 is 10.1 Å². The fourth-order valence-electron chi connectivity index (χ4n) is 1.50. The number of rotatable bonds is 4. The summed E-state index contributed by atoms with van der Waals surface area (Å²) in [5.41, 5.74) is 0.704. The van der Waals surface area contributed by atoms with Crippen molar-refractivity contribution in [2.45, 2.75) is 6.54 Å². The van der Waals surface area contributed by atoms with Gasteiger partial charge in [0.05, 0.1) is 13.7 Å². The van der Waals surface area contributed by atoms with Gasteiger partial charge in [-0.25, -0.2) is 9.78 Å². The van der Waals surface area contributed by atoms with Gasteiger partial charge < -0.3 is 15.0 Å². The molecule has 1 aromatic heterocycles. The molecule has 0 spiro atoms. The van der Waals surface area contributed by atoms with Crippen molar-refractivity contribution in [1.82, 2.24) is 20.1 Å². The molecule has 0 aliphatic carbocycles. The summed E-state index contributed by atoms with van der Waals surface area (Å²) in [5.74, 6) is 1.38. The number of hydrogen-bond donors (Lipinski definition) is 2. The van der Waals surface area contributed by atoms with Crippen molar-refractivity contribution in [2.75, 3.05) is 19.5 Å². The minimum atomic E-state index is -0.221. The highest BCUT2D eigenvalue weighted by Gasteiger charge is 2.10. The van der Waals surface area contributed by atoms with E-state index in [-0.39, 0.29) is 6.03 Å². The first-order valence-electron chi connectivity index (χ1n) is 5.69. The standard InChI is InChI=1S/C12H15N5O2/c1-17(7-11-13-8-14-16-11)12(18)15-9-3-5-10(19-2)6-4-9/h3-6,8H,7H2,1-2H3,(H,15,18)(H,13,14,16). The molecule has 0 unspecified atom stereocenters.